The number of anilines is 1. The number of H-pyrrole nitrogens is 1. The van der Waals surface area contributed by atoms with Crippen LogP contribution in [0.25, 0.3) is 0 Å². The first-order chi connectivity index (χ1) is 13.6. The number of aromatic amines is 1. The van der Waals surface area contributed by atoms with E-state index in [9.17, 15) is 9.59 Å². The molecule has 0 fully saturated rings. The molecule has 7 heteroatoms. The van der Waals surface area contributed by atoms with E-state index in [1.54, 1.807) is 0 Å². The molecule has 1 amide bonds. The van der Waals surface area contributed by atoms with Gasteiger partial charge in [0.2, 0.25) is 5.91 Å². The smallest absolute Gasteiger partial charge is 0.251 e. The number of hydrogen-bond acceptors (Lipinski definition) is 5. The fraction of sp³-hybridized carbons (Fsp3) is 0.190. The lowest BCUT2D eigenvalue weighted by Crippen LogP contribution is -2.17. The van der Waals surface area contributed by atoms with Gasteiger partial charge in [-0.1, -0.05) is 55.1 Å². The molecule has 0 unspecified atom stereocenters. The van der Waals surface area contributed by atoms with Crippen LogP contribution >= 0.6 is 11.8 Å². The highest BCUT2D eigenvalue weighted by atomic mass is 32.2. The second kappa shape index (κ2) is 9.75. The number of nitrogens with one attached hydrogen (secondary N) is 2. The van der Waals surface area contributed by atoms with Gasteiger partial charge < -0.3 is 15.0 Å². The predicted octanol–water partition coefficient (Wildman–Crippen LogP) is 3.64. The standard InChI is InChI=1S/C21H21N3O3S/c1-2-15-8-6-7-11-18(15)23-20(26)14-28-21-22-16(12-19(25)24-21)13-27-17-9-4-3-5-10-17/h3-12H,2,13-14H2,1H3,(H,23,26)(H,22,24,25). The van der Waals surface area contributed by atoms with Crippen molar-refractivity contribution in [3.05, 3.63) is 82.3 Å². The molecule has 1 aromatic heterocycles. The largest absolute Gasteiger partial charge is 0.487 e. The molecule has 3 rings (SSSR count). The maximum Gasteiger partial charge on any atom is 0.251 e. The number of thioether (sulfide) groups is 1. The highest BCUT2D eigenvalue weighted by Gasteiger charge is 2.09. The van der Waals surface area contributed by atoms with E-state index in [0.717, 1.165) is 17.7 Å². The van der Waals surface area contributed by atoms with E-state index in [1.807, 2.05) is 61.5 Å². The van der Waals surface area contributed by atoms with Gasteiger partial charge in [-0.2, -0.15) is 0 Å². The van der Waals surface area contributed by atoms with E-state index in [2.05, 4.69) is 15.3 Å². The van der Waals surface area contributed by atoms with E-state index in [1.165, 1.54) is 17.8 Å². The highest BCUT2D eigenvalue weighted by molar-refractivity contribution is 7.99. The first-order valence-electron chi connectivity index (χ1n) is 8.92. The molecule has 0 spiro atoms. The van der Waals surface area contributed by atoms with Gasteiger partial charge >= 0.3 is 0 Å². The molecule has 0 radical (unpaired) electrons. The summed E-state index contributed by atoms with van der Waals surface area (Å²) in [4.78, 5) is 31.1. The van der Waals surface area contributed by atoms with Crippen molar-refractivity contribution >= 4 is 23.4 Å². The van der Waals surface area contributed by atoms with Gasteiger partial charge in [0.25, 0.3) is 5.56 Å². The van der Waals surface area contributed by atoms with Gasteiger partial charge in [-0.15, -0.1) is 0 Å². The average molecular weight is 395 g/mol. The monoisotopic (exact) mass is 395 g/mol. The van der Waals surface area contributed by atoms with E-state index in [0.29, 0.717) is 16.6 Å². The molecule has 1 heterocycles. The second-order valence-corrected chi connectivity index (χ2v) is 6.96. The number of ether oxygens (including phenoxy) is 1. The van der Waals surface area contributed by atoms with Crippen molar-refractivity contribution in [2.45, 2.75) is 25.1 Å². The number of para-hydroxylation sites is 2. The van der Waals surface area contributed by atoms with Gasteiger partial charge in [-0.3, -0.25) is 9.59 Å². The van der Waals surface area contributed by atoms with Crippen molar-refractivity contribution < 1.29 is 9.53 Å². The van der Waals surface area contributed by atoms with Crippen LogP contribution < -0.4 is 15.6 Å². The quantitative estimate of drug-likeness (QED) is 0.449. The Morgan fingerprint density at radius 3 is 2.68 bits per heavy atom. The van der Waals surface area contributed by atoms with Gasteiger partial charge in [0, 0.05) is 11.8 Å². The van der Waals surface area contributed by atoms with Crippen molar-refractivity contribution in [3.8, 4) is 5.75 Å². The zero-order valence-electron chi connectivity index (χ0n) is 15.5. The van der Waals surface area contributed by atoms with Crippen molar-refractivity contribution in [2.75, 3.05) is 11.1 Å². The van der Waals surface area contributed by atoms with Crippen LogP contribution in [0.3, 0.4) is 0 Å². The van der Waals surface area contributed by atoms with E-state index in [-0.39, 0.29) is 23.8 Å². The third-order valence-corrected chi connectivity index (χ3v) is 4.79. The first kappa shape index (κ1) is 19.7. The number of aryl methyl sites for hydroxylation is 1. The summed E-state index contributed by atoms with van der Waals surface area (Å²) in [5.41, 5.74) is 2.11. The fourth-order valence-electron chi connectivity index (χ4n) is 2.57. The number of carbonyl (C=O) groups is 1. The minimum Gasteiger partial charge on any atom is -0.487 e. The van der Waals surface area contributed by atoms with E-state index >= 15 is 0 Å². The molecule has 6 nitrogen and oxygen atoms in total. The van der Waals surface area contributed by atoms with Crippen molar-refractivity contribution in [1.29, 1.82) is 0 Å². The molecular formula is C21H21N3O3S. The molecule has 2 aromatic carbocycles. The average Bonchev–Trinajstić information content (AvgIpc) is 2.71. The maximum absolute atomic E-state index is 12.3. The van der Waals surface area contributed by atoms with Gasteiger partial charge in [-0.25, -0.2) is 4.98 Å². The van der Waals surface area contributed by atoms with E-state index in [4.69, 9.17) is 4.74 Å². The zero-order valence-corrected chi connectivity index (χ0v) is 16.3. The first-order valence-corrected chi connectivity index (χ1v) is 9.91. The summed E-state index contributed by atoms with van der Waals surface area (Å²) in [7, 11) is 0. The van der Waals surface area contributed by atoms with Gasteiger partial charge in [0.1, 0.15) is 12.4 Å². The summed E-state index contributed by atoms with van der Waals surface area (Å²) in [5.74, 6) is 0.691. The van der Waals surface area contributed by atoms with Crippen LogP contribution in [0.15, 0.2) is 70.6 Å². The third-order valence-electron chi connectivity index (χ3n) is 3.92. The zero-order chi connectivity index (χ0) is 19.8. The normalized spacial score (nSPS) is 10.5. The Morgan fingerprint density at radius 1 is 1.14 bits per heavy atom. The number of amides is 1. The summed E-state index contributed by atoms with van der Waals surface area (Å²) in [5, 5.41) is 3.29. The lowest BCUT2D eigenvalue weighted by atomic mass is 10.1. The molecule has 0 saturated carbocycles. The number of carbonyl (C=O) groups excluding carboxylic acids is 1. The number of rotatable bonds is 8. The molecule has 28 heavy (non-hydrogen) atoms. The third kappa shape index (κ3) is 5.72. The Hall–Kier alpha value is -3.06. The lowest BCUT2D eigenvalue weighted by Gasteiger charge is -2.09. The Labute approximate surface area is 167 Å². The molecule has 0 bridgehead atoms. The lowest BCUT2D eigenvalue weighted by molar-refractivity contribution is -0.113. The molecule has 144 valence electrons. The topological polar surface area (TPSA) is 84.1 Å². The van der Waals surface area contributed by atoms with Crippen LogP contribution in [0.4, 0.5) is 5.69 Å². The maximum atomic E-state index is 12.3. The second-order valence-electron chi connectivity index (χ2n) is 5.99. The van der Waals surface area contributed by atoms with Gasteiger partial charge in [0.15, 0.2) is 5.16 Å². The van der Waals surface area contributed by atoms with Crippen LogP contribution in [0.1, 0.15) is 18.2 Å². The van der Waals surface area contributed by atoms with E-state index < -0.39 is 0 Å². The summed E-state index contributed by atoms with van der Waals surface area (Å²) in [6.07, 6.45) is 0.835. The molecule has 0 saturated heterocycles. The fourth-order valence-corrected chi connectivity index (χ4v) is 3.27. The molecular weight excluding hydrogens is 374 g/mol. The summed E-state index contributed by atoms with van der Waals surface area (Å²) in [6.45, 7) is 2.22. The van der Waals surface area contributed by atoms with Gasteiger partial charge in [-0.05, 0) is 30.2 Å². The van der Waals surface area contributed by atoms with Crippen LogP contribution in [0.5, 0.6) is 5.75 Å². The predicted molar refractivity (Wildman–Crippen MR) is 111 cm³/mol. The highest BCUT2D eigenvalue weighted by Crippen LogP contribution is 2.17. The van der Waals surface area contributed by atoms with Crippen LogP contribution in [0, 0.1) is 0 Å². The SMILES string of the molecule is CCc1ccccc1NC(=O)CSc1nc(COc2ccccc2)cc(=O)[nH]1. The van der Waals surface area contributed by atoms with Crippen molar-refractivity contribution in [3.63, 3.8) is 0 Å². The molecule has 0 aliphatic heterocycles. The molecule has 0 aliphatic rings. The summed E-state index contributed by atoms with van der Waals surface area (Å²) >= 11 is 1.18. The molecule has 2 N–H and O–H groups in total. The minimum absolute atomic E-state index is 0.143. The number of aromatic nitrogens is 2. The Balaban J connectivity index is 1.58. The molecule has 3 aromatic rings. The minimum atomic E-state index is -0.277. The Bertz CT molecular complexity index is 989. The summed E-state index contributed by atoms with van der Waals surface area (Å²) in [6, 6.07) is 18.4. The Morgan fingerprint density at radius 2 is 1.89 bits per heavy atom. The number of benzene rings is 2. The number of nitrogens with zero attached hydrogens (tertiary/aromatic N) is 1. The van der Waals surface area contributed by atoms with Crippen LogP contribution in [0.2, 0.25) is 0 Å². The van der Waals surface area contributed by atoms with Crippen molar-refractivity contribution in [2.24, 2.45) is 0 Å². The van der Waals surface area contributed by atoms with Crippen molar-refractivity contribution in [1.82, 2.24) is 9.97 Å². The Kier molecular flexibility index (Phi) is 6.86. The van der Waals surface area contributed by atoms with Crippen LogP contribution in [-0.4, -0.2) is 21.6 Å². The molecule has 0 aliphatic carbocycles. The van der Waals surface area contributed by atoms with Gasteiger partial charge in [0.05, 0.1) is 11.4 Å². The molecule has 0 atom stereocenters. The number of hydrogen-bond donors (Lipinski definition) is 2. The van der Waals surface area contributed by atoms with Crippen LogP contribution in [-0.2, 0) is 17.8 Å². The summed E-state index contributed by atoms with van der Waals surface area (Å²) < 4.78 is 5.63.